The lowest BCUT2D eigenvalue weighted by molar-refractivity contribution is -0.186. The van der Waals surface area contributed by atoms with Gasteiger partial charge in [0.05, 0.1) is 0 Å². The molecule has 0 unspecified atom stereocenters. The molecule has 0 spiro atoms. The van der Waals surface area contributed by atoms with E-state index < -0.39 is 59.0 Å². The number of thioether (sulfide) groups is 1. The SMILES string of the molecule is CC(=O)O[C@@H]1[C@@H](OC(C)=O)[C@H](OC(C)=O)CS[C@H]1Oc1cc(-c2ccc(C#N)nc2)cc(F)c1F. The second-order valence-corrected chi connectivity index (χ2v) is 8.56. The maximum atomic E-state index is 14.7. The van der Waals surface area contributed by atoms with E-state index in [1.165, 1.54) is 31.3 Å². The van der Waals surface area contributed by atoms with Crippen LogP contribution in [0.15, 0.2) is 30.5 Å². The molecule has 12 heteroatoms. The van der Waals surface area contributed by atoms with Crippen LogP contribution in [0.3, 0.4) is 0 Å². The van der Waals surface area contributed by atoms with Gasteiger partial charge in [-0.05, 0) is 29.8 Å². The highest BCUT2D eigenvalue weighted by Crippen LogP contribution is 2.37. The van der Waals surface area contributed by atoms with Crippen LogP contribution in [-0.4, -0.2) is 52.4 Å². The zero-order valence-electron chi connectivity index (χ0n) is 18.8. The van der Waals surface area contributed by atoms with Crippen LogP contribution < -0.4 is 4.74 Å². The Morgan fingerprint density at radius 1 is 1.00 bits per heavy atom. The smallest absolute Gasteiger partial charge is 0.303 e. The number of hydrogen-bond donors (Lipinski definition) is 0. The topological polar surface area (TPSA) is 125 Å². The quantitative estimate of drug-likeness (QED) is 0.426. The number of nitriles is 1. The molecule has 0 N–H and O–H groups in total. The Morgan fingerprint density at radius 3 is 2.23 bits per heavy atom. The van der Waals surface area contributed by atoms with Crippen molar-refractivity contribution >= 4 is 29.7 Å². The van der Waals surface area contributed by atoms with Crippen molar-refractivity contribution < 1.29 is 42.1 Å². The standard InChI is InChI=1S/C23H20F2N2O7S/c1-11(28)31-19-10-35-23(22(33-13(3)30)21(19)32-12(2)29)34-18-7-15(6-17(24)20(18)25)14-4-5-16(8-26)27-9-14/h4-7,9,19,21-23H,10H2,1-3H3/t19-,21+,22-,23-/m1/s1. The first kappa shape index (κ1) is 25.9. The van der Waals surface area contributed by atoms with E-state index in [0.29, 0.717) is 5.56 Å². The van der Waals surface area contributed by atoms with Crippen molar-refractivity contribution in [1.29, 1.82) is 5.26 Å². The number of pyridine rings is 1. The van der Waals surface area contributed by atoms with Crippen molar-refractivity contribution in [3.05, 3.63) is 47.8 Å². The van der Waals surface area contributed by atoms with Gasteiger partial charge in [0.1, 0.15) is 11.8 Å². The van der Waals surface area contributed by atoms with E-state index in [-0.39, 0.29) is 17.0 Å². The molecule has 0 saturated carbocycles. The number of carbonyl (C=O) groups excluding carboxylic acids is 3. The van der Waals surface area contributed by atoms with Crippen LogP contribution in [0.4, 0.5) is 8.78 Å². The van der Waals surface area contributed by atoms with Crippen LogP contribution in [0.25, 0.3) is 11.1 Å². The first-order valence-corrected chi connectivity index (χ1v) is 11.3. The van der Waals surface area contributed by atoms with Crippen molar-refractivity contribution in [3.63, 3.8) is 0 Å². The predicted octanol–water partition coefficient (Wildman–Crippen LogP) is 3.15. The first-order valence-electron chi connectivity index (χ1n) is 10.2. The molecule has 0 aliphatic carbocycles. The number of ether oxygens (including phenoxy) is 4. The normalized spacial score (nSPS) is 21.4. The van der Waals surface area contributed by atoms with E-state index in [9.17, 15) is 23.2 Å². The Labute approximate surface area is 203 Å². The average molecular weight is 506 g/mol. The molecule has 0 radical (unpaired) electrons. The molecule has 1 aromatic heterocycles. The monoisotopic (exact) mass is 506 g/mol. The van der Waals surface area contributed by atoms with Gasteiger partial charge in [0.25, 0.3) is 0 Å². The zero-order chi connectivity index (χ0) is 25.7. The Kier molecular flexibility index (Phi) is 8.24. The second-order valence-electron chi connectivity index (χ2n) is 7.43. The minimum Gasteiger partial charge on any atom is -0.472 e. The third-order valence-electron chi connectivity index (χ3n) is 4.75. The summed E-state index contributed by atoms with van der Waals surface area (Å²) in [7, 11) is 0. The van der Waals surface area contributed by atoms with E-state index in [1.807, 2.05) is 6.07 Å². The number of halogens is 2. The minimum absolute atomic E-state index is 0.0588. The van der Waals surface area contributed by atoms with E-state index in [4.69, 9.17) is 24.2 Å². The molecule has 0 bridgehead atoms. The van der Waals surface area contributed by atoms with Gasteiger partial charge in [-0.1, -0.05) is 0 Å². The molecule has 4 atom stereocenters. The van der Waals surface area contributed by atoms with Crippen LogP contribution in [-0.2, 0) is 28.6 Å². The molecule has 2 heterocycles. The van der Waals surface area contributed by atoms with Gasteiger partial charge in [-0.3, -0.25) is 14.4 Å². The van der Waals surface area contributed by atoms with E-state index in [1.54, 1.807) is 0 Å². The summed E-state index contributed by atoms with van der Waals surface area (Å²) in [6.45, 7) is 3.40. The highest BCUT2D eigenvalue weighted by molar-refractivity contribution is 7.99. The summed E-state index contributed by atoms with van der Waals surface area (Å²) in [5.41, 5.74) is -0.379. The lowest BCUT2D eigenvalue weighted by atomic mass is 10.1. The summed E-state index contributed by atoms with van der Waals surface area (Å²) in [6, 6.07) is 6.97. The fourth-order valence-electron chi connectivity index (χ4n) is 3.38. The molecule has 2 aromatic rings. The zero-order valence-corrected chi connectivity index (χ0v) is 19.6. The van der Waals surface area contributed by atoms with Crippen LogP contribution in [0.5, 0.6) is 5.75 Å². The van der Waals surface area contributed by atoms with E-state index in [2.05, 4.69) is 4.98 Å². The summed E-state index contributed by atoms with van der Waals surface area (Å²) in [5.74, 6) is -5.07. The fraction of sp³-hybridized carbons (Fsp3) is 0.348. The van der Waals surface area contributed by atoms with Crippen molar-refractivity contribution in [2.45, 2.75) is 44.5 Å². The highest BCUT2D eigenvalue weighted by Gasteiger charge is 2.48. The molecule has 1 aliphatic heterocycles. The van der Waals surface area contributed by atoms with Crippen molar-refractivity contribution in [3.8, 4) is 22.9 Å². The maximum absolute atomic E-state index is 14.7. The maximum Gasteiger partial charge on any atom is 0.303 e. The van der Waals surface area contributed by atoms with E-state index in [0.717, 1.165) is 31.7 Å². The molecular weight excluding hydrogens is 486 g/mol. The number of esters is 3. The van der Waals surface area contributed by atoms with Gasteiger partial charge in [0.2, 0.25) is 5.82 Å². The average Bonchev–Trinajstić information content (AvgIpc) is 2.79. The van der Waals surface area contributed by atoms with Gasteiger partial charge >= 0.3 is 17.9 Å². The Morgan fingerprint density at radius 2 is 1.66 bits per heavy atom. The molecule has 1 fully saturated rings. The van der Waals surface area contributed by atoms with Gasteiger partial charge < -0.3 is 18.9 Å². The number of carbonyl (C=O) groups is 3. The molecule has 1 aromatic carbocycles. The third-order valence-corrected chi connectivity index (χ3v) is 5.97. The Bertz CT molecular complexity index is 1170. The molecular formula is C23H20F2N2O7S. The number of aromatic nitrogens is 1. The summed E-state index contributed by atoms with van der Waals surface area (Å²) in [5, 5.41) is 8.90. The molecule has 3 rings (SSSR count). The number of benzene rings is 1. The largest absolute Gasteiger partial charge is 0.472 e. The minimum atomic E-state index is -1.30. The summed E-state index contributed by atoms with van der Waals surface area (Å²) >= 11 is 1.00. The fourth-order valence-corrected chi connectivity index (χ4v) is 4.59. The Balaban J connectivity index is 1.96. The number of nitrogens with zero attached hydrogens (tertiary/aromatic N) is 2. The lowest BCUT2D eigenvalue weighted by Gasteiger charge is -2.39. The predicted molar refractivity (Wildman–Crippen MR) is 118 cm³/mol. The molecule has 1 saturated heterocycles. The summed E-state index contributed by atoms with van der Waals surface area (Å²) < 4.78 is 50.6. The third kappa shape index (κ3) is 6.45. The van der Waals surface area contributed by atoms with Crippen molar-refractivity contribution in [2.75, 3.05) is 5.75 Å². The van der Waals surface area contributed by atoms with Crippen LogP contribution in [0.1, 0.15) is 26.5 Å². The van der Waals surface area contributed by atoms with Gasteiger partial charge in [-0.25, -0.2) is 9.37 Å². The first-order chi connectivity index (χ1) is 16.6. The molecule has 184 valence electrons. The van der Waals surface area contributed by atoms with E-state index >= 15 is 0 Å². The summed E-state index contributed by atoms with van der Waals surface area (Å²) in [6.07, 6.45) is -2.19. The lowest BCUT2D eigenvalue weighted by Crippen LogP contribution is -2.55. The number of hydrogen-bond acceptors (Lipinski definition) is 10. The van der Waals surface area contributed by atoms with Gasteiger partial charge in [0.15, 0.2) is 35.3 Å². The molecule has 1 aliphatic rings. The van der Waals surface area contributed by atoms with Gasteiger partial charge in [0, 0.05) is 38.3 Å². The van der Waals surface area contributed by atoms with Crippen LogP contribution >= 0.6 is 11.8 Å². The summed E-state index contributed by atoms with van der Waals surface area (Å²) in [4.78, 5) is 38.9. The highest BCUT2D eigenvalue weighted by atomic mass is 32.2. The molecule has 9 nitrogen and oxygen atoms in total. The van der Waals surface area contributed by atoms with Crippen molar-refractivity contribution in [1.82, 2.24) is 4.98 Å². The molecule has 0 amide bonds. The van der Waals surface area contributed by atoms with Gasteiger partial charge in [-0.2, -0.15) is 9.65 Å². The molecule has 35 heavy (non-hydrogen) atoms. The van der Waals surface area contributed by atoms with Crippen LogP contribution in [0.2, 0.25) is 0 Å². The van der Waals surface area contributed by atoms with Crippen LogP contribution in [0, 0.1) is 23.0 Å². The number of rotatable bonds is 6. The second kappa shape index (κ2) is 11.1. The Hall–Kier alpha value is -3.72. The van der Waals surface area contributed by atoms with Gasteiger partial charge in [-0.15, -0.1) is 11.8 Å². The van der Waals surface area contributed by atoms with Crippen molar-refractivity contribution in [2.24, 2.45) is 0 Å².